The van der Waals surface area contributed by atoms with Crippen molar-refractivity contribution in [1.82, 2.24) is 10.3 Å². The van der Waals surface area contributed by atoms with Gasteiger partial charge in [-0.25, -0.2) is 21.8 Å². The number of hydrogen-bond acceptors (Lipinski definition) is 8. The highest BCUT2D eigenvalue weighted by atomic mass is 35.5. The number of halogens is 1. The number of rotatable bonds is 5. The first kappa shape index (κ1) is 19.6. The minimum Gasteiger partial charge on any atom is -0.358 e. The van der Waals surface area contributed by atoms with Crippen LogP contribution in [0.3, 0.4) is 0 Å². The molecule has 142 valence electrons. The predicted molar refractivity (Wildman–Crippen MR) is 102 cm³/mol. The van der Waals surface area contributed by atoms with E-state index in [4.69, 9.17) is 11.6 Å². The lowest BCUT2D eigenvalue weighted by Gasteiger charge is -2.28. The lowest BCUT2D eigenvalue weighted by molar-refractivity contribution is 0.578. The fraction of sp³-hybridized carbons (Fsp3) is 0.400. The van der Waals surface area contributed by atoms with Crippen molar-refractivity contribution < 1.29 is 16.8 Å². The van der Waals surface area contributed by atoms with E-state index in [1.54, 1.807) is 0 Å². The number of nitrogens with one attached hydrogen (secondary N) is 1. The number of piperazine rings is 1. The minimum absolute atomic E-state index is 0.0315. The van der Waals surface area contributed by atoms with Crippen LogP contribution in [0.25, 0.3) is 0 Å². The van der Waals surface area contributed by atoms with Crippen LogP contribution in [-0.2, 0) is 19.7 Å². The summed E-state index contributed by atoms with van der Waals surface area (Å²) in [6, 6.07) is 5.75. The van der Waals surface area contributed by atoms with Crippen molar-refractivity contribution >= 4 is 47.6 Å². The number of sulfone groups is 2. The first-order chi connectivity index (χ1) is 12.3. The van der Waals surface area contributed by atoms with Gasteiger partial charge in [-0.15, -0.1) is 0 Å². The molecule has 0 amide bonds. The summed E-state index contributed by atoms with van der Waals surface area (Å²) >= 11 is 6.76. The summed E-state index contributed by atoms with van der Waals surface area (Å²) in [5.74, 6) is -0.137. The average molecular weight is 436 g/mol. The number of thiazole rings is 1. The van der Waals surface area contributed by atoms with Crippen LogP contribution in [0.2, 0.25) is 5.02 Å². The monoisotopic (exact) mass is 435 g/mol. The van der Waals surface area contributed by atoms with Crippen LogP contribution in [0.5, 0.6) is 0 Å². The van der Waals surface area contributed by atoms with E-state index in [2.05, 4.69) is 10.3 Å². The van der Waals surface area contributed by atoms with Crippen molar-refractivity contribution in [2.75, 3.05) is 36.8 Å². The molecule has 1 saturated heterocycles. The van der Waals surface area contributed by atoms with Gasteiger partial charge in [0.1, 0.15) is 5.00 Å². The summed E-state index contributed by atoms with van der Waals surface area (Å²) in [6.45, 7) is 4.05. The Morgan fingerprint density at radius 2 is 1.77 bits per heavy atom. The molecule has 0 unspecified atom stereocenters. The zero-order valence-electron chi connectivity index (χ0n) is 14.0. The van der Waals surface area contributed by atoms with Crippen LogP contribution in [0.15, 0.2) is 38.5 Å². The number of hydrogen-bond donors (Lipinski definition) is 1. The minimum atomic E-state index is -3.97. The standard InChI is InChI=1S/C15H18ClN3O4S3/c1-2-25(20,21)15-18-13(14(24-15)19-9-7-17-8-10-19)26(22,23)12-5-3-11(16)4-6-12/h3-6,17H,2,7-10H2,1H3. The van der Waals surface area contributed by atoms with Crippen LogP contribution in [0, 0.1) is 0 Å². The van der Waals surface area contributed by atoms with E-state index in [0.717, 1.165) is 11.3 Å². The van der Waals surface area contributed by atoms with Crippen LogP contribution in [0.4, 0.5) is 5.00 Å². The lowest BCUT2D eigenvalue weighted by atomic mass is 10.4. The first-order valence-electron chi connectivity index (χ1n) is 7.95. The molecule has 1 aromatic carbocycles. The second-order valence-corrected chi connectivity index (χ2v) is 11.4. The van der Waals surface area contributed by atoms with Crippen molar-refractivity contribution in [2.24, 2.45) is 0 Å². The Kier molecular flexibility index (Phi) is 5.59. The molecular formula is C15H18ClN3O4S3. The molecule has 2 heterocycles. The van der Waals surface area contributed by atoms with Gasteiger partial charge in [0.2, 0.25) is 24.0 Å². The molecule has 11 heteroatoms. The third-order valence-electron chi connectivity index (χ3n) is 3.99. The van der Waals surface area contributed by atoms with E-state index in [1.165, 1.54) is 31.2 Å². The molecule has 1 aliphatic heterocycles. The first-order valence-corrected chi connectivity index (χ1v) is 12.3. The Balaban J connectivity index is 2.16. The molecule has 0 aliphatic carbocycles. The van der Waals surface area contributed by atoms with Crippen molar-refractivity contribution in [3.05, 3.63) is 29.3 Å². The van der Waals surface area contributed by atoms with Crippen molar-refractivity contribution in [2.45, 2.75) is 21.2 Å². The van der Waals surface area contributed by atoms with Gasteiger partial charge in [-0.1, -0.05) is 29.9 Å². The van der Waals surface area contributed by atoms with Gasteiger partial charge in [-0.05, 0) is 24.3 Å². The fourth-order valence-electron chi connectivity index (χ4n) is 2.50. The predicted octanol–water partition coefficient (Wildman–Crippen LogP) is 1.83. The van der Waals surface area contributed by atoms with Gasteiger partial charge in [0.15, 0.2) is 5.03 Å². The number of nitrogens with zero attached hydrogens (tertiary/aromatic N) is 2. The van der Waals surface area contributed by atoms with E-state index in [9.17, 15) is 16.8 Å². The Morgan fingerprint density at radius 3 is 2.35 bits per heavy atom. The normalized spacial score (nSPS) is 16.0. The van der Waals surface area contributed by atoms with Crippen LogP contribution < -0.4 is 10.2 Å². The van der Waals surface area contributed by atoms with Crippen molar-refractivity contribution in [3.63, 3.8) is 0 Å². The van der Waals surface area contributed by atoms with Gasteiger partial charge >= 0.3 is 0 Å². The van der Waals surface area contributed by atoms with Gasteiger partial charge in [-0.2, -0.15) is 0 Å². The molecule has 1 N–H and O–H groups in total. The molecule has 0 atom stereocenters. The summed E-state index contributed by atoms with van der Waals surface area (Å²) in [4.78, 5) is 5.94. The smallest absolute Gasteiger partial charge is 0.226 e. The number of anilines is 1. The third-order valence-corrected chi connectivity index (χ3v) is 9.36. The van der Waals surface area contributed by atoms with Crippen molar-refractivity contribution in [1.29, 1.82) is 0 Å². The highest BCUT2D eigenvalue weighted by molar-refractivity contribution is 7.94. The quantitative estimate of drug-likeness (QED) is 0.765. The maximum atomic E-state index is 13.1. The topological polar surface area (TPSA) is 96.4 Å². The summed E-state index contributed by atoms with van der Waals surface area (Å²) in [7, 11) is -7.58. The maximum Gasteiger partial charge on any atom is 0.226 e. The van der Waals surface area contributed by atoms with Gasteiger partial charge < -0.3 is 10.2 Å². The van der Waals surface area contributed by atoms with Crippen molar-refractivity contribution in [3.8, 4) is 0 Å². The van der Waals surface area contributed by atoms with E-state index in [0.29, 0.717) is 36.2 Å². The molecular weight excluding hydrogens is 418 g/mol. The molecule has 3 rings (SSSR count). The summed E-state index contributed by atoms with van der Waals surface area (Å²) in [6.07, 6.45) is 0. The molecule has 1 aromatic heterocycles. The third kappa shape index (κ3) is 3.74. The van der Waals surface area contributed by atoms with Gasteiger partial charge in [0.25, 0.3) is 0 Å². The molecule has 1 fully saturated rings. The molecule has 2 aromatic rings. The van der Waals surface area contributed by atoms with Crippen LogP contribution in [-0.4, -0.2) is 53.8 Å². The molecule has 0 saturated carbocycles. The van der Waals surface area contributed by atoms with Gasteiger partial charge in [0.05, 0.1) is 10.6 Å². The summed E-state index contributed by atoms with van der Waals surface area (Å²) in [5, 5.41) is 3.76. The van der Waals surface area contributed by atoms with Gasteiger partial charge in [-0.3, -0.25) is 0 Å². The van der Waals surface area contributed by atoms with Crippen LogP contribution in [0.1, 0.15) is 6.92 Å². The van der Waals surface area contributed by atoms with E-state index in [-0.39, 0.29) is 20.0 Å². The molecule has 0 radical (unpaired) electrons. The van der Waals surface area contributed by atoms with E-state index < -0.39 is 19.7 Å². The lowest BCUT2D eigenvalue weighted by Crippen LogP contribution is -2.43. The Bertz CT molecular complexity index is 995. The maximum absolute atomic E-state index is 13.1. The number of benzene rings is 1. The zero-order valence-corrected chi connectivity index (χ0v) is 17.2. The fourth-order valence-corrected chi connectivity index (χ4v) is 6.81. The molecule has 26 heavy (non-hydrogen) atoms. The SMILES string of the molecule is CCS(=O)(=O)c1nc(S(=O)(=O)c2ccc(Cl)cc2)c(N2CCNCC2)s1. The highest BCUT2D eigenvalue weighted by Gasteiger charge is 2.32. The molecule has 0 bridgehead atoms. The molecule has 7 nitrogen and oxygen atoms in total. The highest BCUT2D eigenvalue weighted by Crippen LogP contribution is 2.37. The van der Waals surface area contributed by atoms with E-state index >= 15 is 0 Å². The molecule has 1 aliphatic rings. The summed E-state index contributed by atoms with van der Waals surface area (Å²) in [5.41, 5.74) is 0. The average Bonchev–Trinajstić information content (AvgIpc) is 3.10. The molecule has 0 spiro atoms. The number of aromatic nitrogens is 1. The van der Waals surface area contributed by atoms with Gasteiger partial charge in [0, 0.05) is 31.2 Å². The van der Waals surface area contributed by atoms with E-state index in [1.807, 2.05) is 4.90 Å². The Labute approximate surface area is 161 Å². The largest absolute Gasteiger partial charge is 0.358 e. The Morgan fingerprint density at radius 1 is 1.15 bits per heavy atom. The zero-order chi connectivity index (χ0) is 18.9. The second kappa shape index (κ2) is 7.43. The Hall–Kier alpha value is -1.20. The van der Waals surface area contributed by atoms with Crippen LogP contribution >= 0.6 is 22.9 Å². The summed E-state index contributed by atoms with van der Waals surface area (Å²) < 4.78 is 50.6. The second-order valence-electron chi connectivity index (χ2n) is 5.69.